The molecule has 9 heteroatoms. The van der Waals surface area contributed by atoms with Crippen LogP contribution >= 0.6 is 0 Å². The standard InChI is InChI=1S/C23H15F3N2O4/c24-23(25,26)22(31)32-21(30)18-8-7-17(16-4-2-1-3-5-16)14-19(18)28-20(29)9-6-15-10-12-27-13-11-15/h1-14H,(H,28,29)/b9-6+. The maximum absolute atomic E-state index is 12.5. The van der Waals surface area contributed by atoms with Crippen LogP contribution < -0.4 is 5.32 Å². The molecule has 0 radical (unpaired) electrons. The number of carbonyl (C=O) groups excluding carboxylic acids is 3. The van der Waals surface area contributed by atoms with E-state index >= 15 is 0 Å². The average molecular weight is 440 g/mol. The molecule has 0 aliphatic rings. The molecule has 0 saturated heterocycles. The van der Waals surface area contributed by atoms with E-state index < -0.39 is 29.6 Å². The summed E-state index contributed by atoms with van der Waals surface area (Å²) in [4.78, 5) is 39.5. The van der Waals surface area contributed by atoms with Crippen LogP contribution in [-0.4, -0.2) is 29.0 Å². The molecule has 0 saturated carbocycles. The Labute approximate surface area is 180 Å². The van der Waals surface area contributed by atoms with Crippen molar-refractivity contribution in [2.75, 3.05) is 5.32 Å². The molecule has 1 amide bonds. The summed E-state index contributed by atoms with van der Waals surface area (Å²) in [5.41, 5.74) is 1.48. The summed E-state index contributed by atoms with van der Waals surface area (Å²) in [5.74, 6) is -4.84. The van der Waals surface area contributed by atoms with Crippen LogP contribution in [0, 0.1) is 0 Å². The fourth-order valence-corrected chi connectivity index (χ4v) is 2.65. The Balaban J connectivity index is 1.90. The van der Waals surface area contributed by atoms with Gasteiger partial charge in [0, 0.05) is 18.5 Å². The van der Waals surface area contributed by atoms with E-state index in [9.17, 15) is 27.6 Å². The number of ether oxygens (including phenoxy) is 1. The van der Waals surface area contributed by atoms with E-state index in [1.165, 1.54) is 42.7 Å². The molecule has 0 atom stereocenters. The molecular formula is C23H15F3N2O4. The molecule has 3 aromatic rings. The third kappa shape index (κ3) is 5.88. The number of nitrogens with one attached hydrogen (secondary N) is 1. The Kier molecular flexibility index (Phi) is 6.79. The molecular weight excluding hydrogens is 425 g/mol. The van der Waals surface area contributed by atoms with Crippen molar-refractivity contribution >= 4 is 29.6 Å². The maximum Gasteiger partial charge on any atom is 0.491 e. The van der Waals surface area contributed by atoms with Gasteiger partial charge in [-0.05, 0) is 47.0 Å². The van der Waals surface area contributed by atoms with Crippen LogP contribution in [0.4, 0.5) is 18.9 Å². The smallest absolute Gasteiger partial charge is 0.383 e. The zero-order valence-electron chi connectivity index (χ0n) is 16.3. The number of alkyl halides is 3. The number of carbonyl (C=O) groups is 3. The van der Waals surface area contributed by atoms with E-state index in [0.717, 1.165) is 5.56 Å². The van der Waals surface area contributed by atoms with Crippen molar-refractivity contribution in [3.8, 4) is 11.1 Å². The molecule has 3 rings (SSSR count). The van der Waals surface area contributed by atoms with Crippen molar-refractivity contribution < 1.29 is 32.3 Å². The highest BCUT2D eigenvalue weighted by Crippen LogP contribution is 2.27. The van der Waals surface area contributed by atoms with E-state index in [4.69, 9.17) is 0 Å². The predicted octanol–water partition coefficient (Wildman–Crippen LogP) is 4.65. The number of esters is 2. The van der Waals surface area contributed by atoms with E-state index in [1.807, 2.05) is 0 Å². The molecule has 0 unspecified atom stereocenters. The van der Waals surface area contributed by atoms with Gasteiger partial charge in [0.25, 0.3) is 0 Å². The van der Waals surface area contributed by atoms with Crippen LogP contribution in [-0.2, 0) is 14.3 Å². The van der Waals surface area contributed by atoms with Crippen LogP contribution in [0.25, 0.3) is 17.2 Å². The summed E-state index contributed by atoms with van der Waals surface area (Å²) >= 11 is 0. The van der Waals surface area contributed by atoms with Gasteiger partial charge in [-0.15, -0.1) is 0 Å². The lowest BCUT2D eigenvalue weighted by molar-refractivity contribution is -0.193. The number of amides is 1. The van der Waals surface area contributed by atoms with Crippen molar-refractivity contribution in [3.05, 3.63) is 90.3 Å². The number of rotatable bonds is 5. The first-order valence-electron chi connectivity index (χ1n) is 9.16. The van der Waals surface area contributed by atoms with E-state index in [1.54, 1.807) is 42.5 Å². The largest absolute Gasteiger partial charge is 0.491 e. The minimum atomic E-state index is -5.34. The first-order valence-corrected chi connectivity index (χ1v) is 9.16. The normalized spacial score (nSPS) is 11.2. The van der Waals surface area contributed by atoms with Gasteiger partial charge in [0.05, 0.1) is 11.3 Å². The topological polar surface area (TPSA) is 85.4 Å². The Morgan fingerprint density at radius 3 is 2.25 bits per heavy atom. The summed E-state index contributed by atoms with van der Waals surface area (Å²) in [7, 11) is 0. The van der Waals surface area contributed by atoms with Gasteiger partial charge >= 0.3 is 18.1 Å². The minimum absolute atomic E-state index is 0.115. The lowest BCUT2D eigenvalue weighted by atomic mass is 10.0. The van der Waals surface area contributed by atoms with Crippen molar-refractivity contribution in [1.82, 2.24) is 4.98 Å². The van der Waals surface area contributed by atoms with E-state index in [0.29, 0.717) is 11.1 Å². The number of anilines is 1. The number of halogens is 3. The number of hydrogen-bond donors (Lipinski definition) is 1. The fraction of sp³-hybridized carbons (Fsp3) is 0.0435. The number of nitrogens with zero attached hydrogens (tertiary/aromatic N) is 1. The molecule has 1 heterocycles. The van der Waals surface area contributed by atoms with Gasteiger partial charge in [0.15, 0.2) is 0 Å². The molecule has 1 aromatic heterocycles. The van der Waals surface area contributed by atoms with Crippen molar-refractivity contribution in [2.45, 2.75) is 6.18 Å². The highest BCUT2D eigenvalue weighted by molar-refractivity contribution is 6.08. The molecule has 162 valence electrons. The zero-order chi connectivity index (χ0) is 23.1. The van der Waals surface area contributed by atoms with Crippen LogP contribution in [0.1, 0.15) is 15.9 Å². The van der Waals surface area contributed by atoms with Crippen LogP contribution in [0.5, 0.6) is 0 Å². The van der Waals surface area contributed by atoms with Crippen molar-refractivity contribution in [1.29, 1.82) is 0 Å². The Bertz CT molecular complexity index is 1160. The average Bonchev–Trinajstić information content (AvgIpc) is 2.78. The molecule has 2 aromatic carbocycles. The fourth-order valence-electron chi connectivity index (χ4n) is 2.65. The summed E-state index contributed by atoms with van der Waals surface area (Å²) in [5, 5.41) is 2.45. The highest BCUT2D eigenvalue weighted by atomic mass is 19.4. The summed E-state index contributed by atoms with van der Waals surface area (Å²) in [6, 6.07) is 16.3. The molecule has 0 bridgehead atoms. The molecule has 0 aliphatic carbocycles. The number of pyridine rings is 1. The third-order valence-corrected chi connectivity index (χ3v) is 4.15. The van der Waals surface area contributed by atoms with Gasteiger partial charge in [-0.2, -0.15) is 13.2 Å². The lowest BCUT2D eigenvalue weighted by Crippen LogP contribution is -2.28. The first-order chi connectivity index (χ1) is 15.2. The third-order valence-electron chi connectivity index (χ3n) is 4.15. The summed E-state index contributed by atoms with van der Waals surface area (Å²) in [6.45, 7) is 0. The van der Waals surface area contributed by atoms with Crippen LogP contribution in [0.2, 0.25) is 0 Å². The lowest BCUT2D eigenvalue weighted by Gasteiger charge is -2.12. The first kappa shape index (κ1) is 22.4. The Hall–Kier alpha value is -4.27. The minimum Gasteiger partial charge on any atom is -0.383 e. The predicted molar refractivity (Wildman–Crippen MR) is 110 cm³/mol. The maximum atomic E-state index is 12.5. The molecule has 1 N–H and O–H groups in total. The molecule has 6 nitrogen and oxygen atoms in total. The molecule has 0 aliphatic heterocycles. The second-order valence-electron chi connectivity index (χ2n) is 6.40. The van der Waals surface area contributed by atoms with Gasteiger partial charge in [-0.1, -0.05) is 36.4 Å². The Morgan fingerprint density at radius 1 is 0.906 bits per heavy atom. The number of aromatic nitrogens is 1. The zero-order valence-corrected chi connectivity index (χ0v) is 16.3. The van der Waals surface area contributed by atoms with Crippen molar-refractivity contribution in [3.63, 3.8) is 0 Å². The van der Waals surface area contributed by atoms with Crippen molar-refractivity contribution in [2.24, 2.45) is 0 Å². The Morgan fingerprint density at radius 2 is 1.59 bits per heavy atom. The van der Waals surface area contributed by atoms with Gasteiger partial charge in [-0.3, -0.25) is 9.78 Å². The summed E-state index contributed by atoms with van der Waals surface area (Å²) in [6.07, 6.45) is 0.402. The summed E-state index contributed by atoms with van der Waals surface area (Å²) < 4.78 is 41.3. The van der Waals surface area contributed by atoms with Crippen LogP contribution in [0.3, 0.4) is 0 Å². The van der Waals surface area contributed by atoms with Crippen LogP contribution in [0.15, 0.2) is 79.1 Å². The van der Waals surface area contributed by atoms with E-state index in [2.05, 4.69) is 15.0 Å². The molecule has 32 heavy (non-hydrogen) atoms. The highest BCUT2D eigenvalue weighted by Gasteiger charge is 2.42. The second kappa shape index (κ2) is 9.69. The SMILES string of the molecule is O=C(/C=C/c1ccncc1)Nc1cc(-c2ccccc2)ccc1C(=O)OC(=O)C(F)(F)F. The van der Waals surface area contributed by atoms with E-state index in [-0.39, 0.29) is 5.69 Å². The van der Waals surface area contributed by atoms with Gasteiger partial charge in [-0.25, -0.2) is 9.59 Å². The number of hydrogen-bond acceptors (Lipinski definition) is 5. The van der Waals surface area contributed by atoms with Gasteiger partial charge in [0.2, 0.25) is 5.91 Å². The monoisotopic (exact) mass is 440 g/mol. The van der Waals surface area contributed by atoms with Gasteiger partial charge < -0.3 is 10.1 Å². The molecule has 0 fully saturated rings. The number of benzene rings is 2. The second-order valence-corrected chi connectivity index (χ2v) is 6.40. The van der Waals surface area contributed by atoms with Gasteiger partial charge in [0.1, 0.15) is 0 Å². The quantitative estimate of drug-likeness (QED) is 0.355. The molecule has 0 spiro atoms.